The highest BCUT2D eigenvalue weighted by atomic mass is 32.2. The van der Waals surface area contributed by atoms with Crippen LogP contribution in [0.15, 0.2) is 23.1 Å². The first-order valence-corrected chi connectivity index (χ1v) is 13.9. The van der Waals surface area contributed by atoms with E-state index < -0.39 is 10.0 Å². The lowest BCUT2D eigenvalue weighted by molar-refractivity contribution is -0.127. The van der Waals surface area contributed by atoms with E-state index in [0.717, 1.165) is 43.4 Å². The molecule has 0 unspecified atom stereocenters. The lowest BCUT2D eigenvalue weighted by Crippen LogP contribution is -2.47. The molecule has 1 aromatic rings. The lowest BCUT2D eigenvalue weighted by atomic mass is 9.94. The highest BCUT2D eigenvalue weighted by Crippen LogP contribution is 2.35. The van der Waals surface area contributed by atoms with Crippen molar-refractivity contribution in [1.29, 1.82) is 0 Å². The van der Waals surface area contributed by atoms with Gasteiger partial charge in [-0.05, 0) is 62.8 Å². The van der Waals surface area contributed by atoms with Gasteiger partial charge in [-0.15, -0.1) is 0 Å². The fraction of sp³-hybridized carbons (Fsp3) is 0.680. The van der Waals surface area contributed by atoms with Crippen LogP contribution in [0.4, 0.5) is 5.69 Å². The van der Waals surface area contributed by atoms with Gasteiger partial charge in [-0.3, -0.25) is 9.59 Å². The molecule has 3 aliphatic rings. The van der Waals surface area contributed by atoms with Gasteiger partial charge in [-0.25, -0.2) is 8.42 Å². The molecule has 2 aliphatic heterocycles. The first-order valence-electron chi connectivity index (χ1n) is 12.5. The minimum absolute atomic E-state index is 0.000326. The van der Waals surface area contributed by atoms with Gasteiger partial charge in [0.1, 0.15) is 0 Å². The number of rotatable bonds is 4. The van der Waals surface area contributed by atoms with Crippen molar-refractivity contribution in [2.45, 2.75) is 95.0 Å². The molecule has 0 spiro atoms. The van der Waals surface area contributed by atoms with E-state index in [-0.39, 0.29) is 41.3 Å². The average molecular weight is 476 g/mol. The van der Waals surface area contributed by atoms with Gasteiger partial charge >= 0.3 is 0 Å². The van der Waals surface area contributed by atoms with Crippen LogP contribution < -0.4 is 10.2 Å². The first-order chi connectivity index (χ1) is 15.8. The van der Waals surface area contributed by atoms with E-state index in [2.05, 4.69) is 5.32 Å². The molecule has 33 heavy (non-hydrogen) atoms. The zero-order valence-electron chi connectivity index (χ0n) is 19.9. The molecule has 2 fully saturated rings. The predicted molar refractivity (Wildman–Crippen MR) is 129 cm³/mol. The minimum Gasteiger partial charge on any atom is -0.353 e. The molecule has 1 aliphatic carbocycles. The average Bonchev–Trinajstić information content (AvgIpc) is 3.10. The summed E-state index contributed by atoms with van der Waals surface area (Å²) in [6.45, 7) is 4.17. The van der Waals surface area contributed by atoms with Crippen molar-refractivity contribution in [2.75, 3.05) is 18.0 Å². The normalized spacial score (nSPS) is 25.2. The molecule has 1 aromatic carbocycles. The Morgan fingerprint density at radius 2 is 1.70 bits per heavy atom. The van der Waals surface area contributed by atoms with Crippen LogP contribution in [0.3, 0.4) is 0 Å². The third-order valence-electron chi connectivity index (χ3n) is 7.45. The number of nitrogens with one attached hydrogen (secondary N) is 1. The number of piperidine rings is 1. The molecule has 2 atom stereocenters. The van der Waals surface area contributed by atoms with Gasteiger partial charge in [0.05, 0.1) is 10.8 Å². The van der Waals surface area contributed by atoms with Crippen molar-refractivity contribution in [2.24, 2.45) is 5.92 Å². The Morgan fingerprint density at radius 3 is 2.39 bits per heavy atom. The Morgan fingerprint density at radius 1 is 1.00 bits per heavy atom. The first kappa shape index (κ1) is 24.2. The number of sulfonamides is 1. The Hall–Kier alpha value is -1.93. The Labute approximate surface area is 198 Å². The molecule has 0 aromatic heterocycles. The van der Waals surface area contributed by atoms with Gasteiger partial charge in [0.25, 0.3) is 0 Å². The van der Waals surface area contributed by atoms with E-state index in [0.29, 0.717) is 19.4 Å². The number of hydrogen-bond acceptors (Lipinski definition) is 4. The van der Waals surface area contributed by atoms with E-state index >= 15 is 0 Å². The molecule has 2 amide bonds. The molecule has 7 nitrogen and oxygen atoms in total. The molecular weight excluding hydrogens is 438 g/mol. The van der Waals surface area contributed by atoms with Crippen molar-refractivity contribution >= 4 is 27.5 Å². The van der Waals surface area contributed by atoms with E-state index in [1.807, 2.05) is 6.92 Å². The molecule has 2 heterocycles. The largest absolute Gasteiger partial charge is 0.353 e. The maximum absolute atomic E-state index is 13.4. The van der Waals surface area contributed by atoms with Crippen LogP contribution >= 0.6 is 0 Å². The second kappa shape index (κ2) is 10.1. The van der Waals surface area contributed by atoms with Crippen LogP contribution in [0.2, 0.25) is 0 Å². The van der Waals surface area contributed by atoms with Gasteiger partial charge in [-0.1, -0.05) is 32.1 Å². The van der Waals surface area contributed by atoms with E-state index in [9.17, 15) is 18.0 Å². The Balaban J connectivity index is 1.45. The number of benzene rings is 1. The number of nitrogens with zero attached hydrogens (tertiary/aromatic N) is 2. The standard InChI is InChI=1S/C25H37N3O4S/c1-18-15-21-16-23(12-13-24(21)28(18)19(2)29)33(31,32)27-14-8-9-20(17-27)25(30)26-22-10-6-4-3-5-7-11-22/h12-13,16,18,20,22H,3-11,14-15,17H2,1-2H3,(H,26,30)/t18-,20-/m1/s1. The predicted octanol–water partition coefficient (Wildman–Crippen LogP) is 3.61. The molecule has 182 valence electrons. The van der Waals surface area contributed by atoms with Crippen LogP contribution in [-0.4, -0.2) is 49.7 Å². The topological polar surface area (TPSA) is 86.8 Å². The Bertz CT molecular complexity index is 985. The summed E-state index contributed by atoms with van der Waals surface area (Å²) >= 11 is 0. The summed E-state index contributed by atoms with van der Waals surface area (Å²) in [5, 5.41) is 3.22. The van der Waals surface area contributed by atoms with Crippen molar-refractivity contribution in [3.05, 3.63) is 23.8 Å². The number of hydrogen-bond donors (Lipinski definition) is 1. The second-order valence-corrected chi connectivity index (χ2v) is 11.9. The maximum atomic E-state index is 13.4. The highest BCUT2D eigenvalue weighted by molar-refractivity contribution is 7.89. The molecule has 1 saturated heterocycles. The highest BCUT2D eigenvalue weighted by Gasteiger charge is 2.36. The van der Waals surface area contributed by atoms with Gasteiger partial charge < -0.3 is 10.2 Å². The quantitative estimate of drug-likeness (QED) is 0.721. The monoisotopic (exact) mass is 475 g/mol. The third-order valence-corrected chi connectivity index (χ3v) is 9.31. The summed E-state index contributed by atoms with van der Waals surface area (Å²) < 4.78 is 28.4. The van der Waals surface area contributed by atoms with Crippen molar-refractivity contribution < 1.29 is 18.0 Å². The molecule has 0 bridgehead atoms. The summed E-state index contributed by atoms with van der Waals surface area (Å²) in [5.74, 6) is -0.340. The number of anilines is 1. The van der Waals surface area contributed by atoms with Crippen LogP contribution in [0.1, 0.15) is 77.2 Å². The molecule has 0 radical (unpaired) electrons. The lowest BCUT2D eigenvalue weighted by Gasteiger charge is -2.32. The number of carbonyl (C=O) groups excluding carboxylic acids is 2. The molecule has 1 N–H and O–H groups in total. The van der Waals surface area contributed by atoms with Gasteiger partial charge in [0.15, 0.2) is 0 Å². The molecule has 8 heteroatoms. The number of fused-ring (bicyclic) bond motifs is 1. The fourth-order valence-electron chi connectivity index (χ4n) is 5.69. The summed E-state index contributed by atoms with van der Waals surface area (Å²) in [5.41, 5.74) is 1.68. The van der Waals surface area contributed by atoms with E-state index in [1.54, 1.807) is 23.1 Å². The summed E-state index contributed by atoms with van der Waals surface area (Å²) in [4.78, 5) is 27.0. The van der Waals surface area contributed by atoms with Crippen molar-refractivity contribution in [1.82, 2.24) is 9.62 Å². The van der Waals surface area contributed by atoms with Crippen LogP contribution in [0.25, 0.3) is 0 Å². The molecule has 4 rings (SSSR count). The van der Waals surface area contributed by atoms with E-state index in [1.165, 1.54) is 30.5 Å². The zero-order chi connectivity index (χ0) is 23.6. The third kappa shape index (κ3) is 5.27. The van der Waals surface area contributed by atoms with Crippen LogP contribution in [-0.2, 0) is 26.0 Å². The summed E-state index contributed by atoms with van der Waals surface area (Å²) in [7, 11) is -3.70. The smallest absolute Gasteiger partial charge is 0.243 e. The maximum Gasteiger partial charge on any atom is 0.243 e. The second-order valence-electron chi connectivity index (χ2n) is 9.99. The van der Waals surface area contributed by atoms with Crippen molar-refractivity contribution in [3.63, 3.8) is 0 Å². The minimum atomic E-state index is -3.70. The van der Waals surface area contributed by atoms with Gasteiger partial charge in [0, 0.05) is 37.8 Å². The fourth-order valence-corrected chi connectivity index (χ4v) is 7.27. The van der Waals surface area contributed by atoms with Crippen molar-refractivity contribution in [3.8, 4) is 0 Å². The summed E-state index contributed by atoms with van der Waals surface area (Å²) in [6.07, 6.45) is 10.1. The molecule has 1 saturated carbocycles. The summed E-state index contributed by atoms with van der Waals surface area (Å²) in [6, 6.07) is 5.29. The van der Waals surface area contributed by atoms with E-state index in [4.69, 9.17) is 0 Å². The number of carbonyl (C=O) groups is 2. The van der Waals surface area contributed by atoms with Crippen LogP contribution in [0, 0.1) is 5.92 Å². The zero-order valence-corrected chi connectivity index (χ0v) is 20.7. The van der Waals surface area contributed by atoms with Gasteiger partial charge in [-0.2, -0.15) is 4.31 Å². The number of amides is 2. The van der Waals surface area contributed by atoms with Crippen LogP contribution in [0.5, 0.6) is 0 Å². The SMILES string of the molecule is CC(=O)N1c2ccc(S(=O)(=O)N3CCC[C@@H](C(=O)NC4CCCCCCC4)C3)cc2C[C@H]1C. The molecular formula is C25H37N3O4S. The van der Waals surface area contributed by atoms with Gasteiger partial charge in [0.2, 0.25) is 21.8 Å². The Kier molecular flexibility index (Phi) is 7.43.